The van der Waals surface area contributed by atoms with Crippen molar-refractivity contribution in [3.63, 3.8) is 0 Å². The molecule has 0 N–H and O–H groups in total. The lowest BCUT2D eigenvalue weighted by Crippen LogP contribution is -2.22. The van der Waals surface area contributed by atoms with E-state index >= 15 is 0 Å². The lowest BCUT2D eigenvalue weighted by molar-refractivity contribution is 0.468. The van der Waals surface area contributed by atoms with E-state index in [0.29, 0.717) is 5.92 Å². The molecule has 0 aromatic heterocycles. The third kappa shape index (κ3) is 1.87. The smallest absolute Gasteiger partial charge is 0.0448 e. The molecule has 0 saturated heterocycles. The molecule has 0 aliphatic carbocycles. The Morgan fingerprint density at radius 2 is 1.86 bits per heavy atom. The van der Waals surface area contributed by atoms with Crippen LogP contribution in [0.5, 0.6) is 0 Å². The molecule has 2 rings (SSSR count). The van der Waals surface area contributed by atoms with Gasteiger partial charge in [-0.1, -0.05) is 44.2 Å². The first-order chi connectivity index (χ1) is 6.77. The number of hydrogen-bond donors (Lipinski definition) is 0. The van der Waals surface area contributed by atoms with Crippen LogP contribution in [0.1, 0.15) is 25.8 Å². The summed E-state index contributed by atoms with van der Waals surface area (Å²) in [6.07, 6.45) is 1.27. The first-order valence-corrected chi connectivity index (χ1v) is 5.37. The number of nitrogens with zero attached hydrogens (tertiary/aromatic N) is 1. The molecular weight excluding hydrogens is 170 g/mol. The second-order valence-corrected chi connectivity index (χ2v) is 4.33. The zero-order valence-electron chi connectivity index (χ0n) is 8.90. The summed E-state index contributed by atoms with van der Waals surface area (Å²) in [6.45, 7) is 5.55. The van der Waals surface area contributed by atoms with Crippen LogP contribution in [0.2, 0.25) is 0 Å². The molecule has 1 heteroatoms. The molecule has 14 heavy (non-hydrogen) atoms. The largest absolute Gasteiger partial charge is 0.289 e. The highest BCUT2D eigenvalue weighted by molar-refractivity contribution is 6.02. The molecule has 0 saturated carbocycles. The van der Waals surface area contributed by atoms with E-state index in [2.05, 4.69) is 49.2 Å². The van der Waals surface area contributed by atoms with Crippen LogP contribution in [-0.2, 0) is 0 Å². The molecule has 0 bridgehead atoms. The first kappa shape index (κ1) is 9.45. The summed E-state index contributed by atoms with van der Waals surface area (Å²) >= 11 is 0. The van der Waals surface area contributed by atoms with E-state index in [9.17, 15) is 0 Å². The Morgan fingerprint density at radius 1 is 1.14 bits per heavy atom. The molecule has 0 spiro atoms. The molecule has 0 amide bonds. The Kier molecular flexibility index (Phi) is 2.67. The molecule has 0 radical (unpaired) electrons. The van der Waals surface area contributed by atoms with Crippen molar-refractivity contribution in [3.8, 4) is 0 Å². The average molecular weight is 187 g/mol. The van der Waals surface area contributed by atoms with Crippen LogP contribution < -0.4 is 0 Å². The Balaban J connectivity index is 2.27. The van der Waals surface area contributed by atoms with Gasteiger partial charge in [0.15, 0.2) is 0 Å². The molecule has 74 valence electrons. The van der Waals surface area contributed by atoms with Gasteiger partial charge in [-0.2, -0.15) is 0 Å². The number of aliphatic imine (C=N–C) groups is 1. The minimum atomic E-state index is 0.612. The van der Waals surface area contributed by atoms with Crippen LogP contribution in [0.3, 0.4) is 0 Å². The van der Waals surface area contributed by atoms with Crippen LogP contribution in [0, 0.1) is 11.8 Å². The summed E-state index contributed by atoms with van der Waals surface area (Å²) in [5, 5.41) is 0. The maximum Gasteiger partial charge on any atom is 0.0448 e. The molecule has 2 atom stereocenters. The summed E-state index contributed by atoms with van der Waals surface area (Å²) in [6, 6.07) is 10.5. The van der Waals surface area contributed by atoms with Gasteiger partial charge in [-0.3, -0.25) is 4.99 Å². The molecular formula is C13H17N. The van der Waals surface area contributed by atoms with Gasteiger partial charge >= 0.3 is 0 Å². The van der Waals surface area contributed by atoms with Gasteiger partial charge in [0.25, 0.3) is 0 Å². The zero-order chi connectivity index (χ0) is 9.97. The number of hydrogen-bond acceptors (Lipinski definition) is 1. The highest BCUT2D eigenvalue weighted by Gasteiger charge is 2.20. The maximum atomic E-state index is 4.68. The minimum Gasteiger partial charge on any atom is -0.289 e. The summed E-state index contributed by atoms with van der Waals surface area (Å²) in [7, 11) is 0. The zero-order valence-corrected chi connectivity index (χ0v) is 8.90. The van der Waals surface area contributed by atoms with E-state index in [4.69, 9.17) is 0 Å². The van der Waals surface area contributed by atoms with Crippen molar-refractivity contribution in [1.82, 2.24) is 0 Å². The highest BCUT2D eigenvalue weighted by atomic mass is 14.8. The van der Waals surface area contributed by atoms with Crippen molar-refractivity contribution in [1.29, 1.82) is 0 Å². The van der Waals surface area contributed by atoms with Crippen LogP contribution in [0.15, 0.2) is 35.3 Å². The Hall–Kier alpha value is -1.11. The predicted octanol–water partition coefficient (Wildman–Crippen LogP) is 3.15. The first-order valence-electron chi connectivity index (χ1n) is 5.37. The van der Waals surface area contributed by atoms with Crippen molar-refractivity contribution in [2.24, 2.45) is 16.8 Å². The summed E-state index contributed by atoms with van der Waals surface area (Å²) in [5.41, 5.74) is 2.59. The number of rotatable bonds is 1. The lowest BCUT2D eigenvalue weighted by Gasteiger charge is -2.24. The minimum absolute atomic E-state index is 0.612. The van der Waals surface area contributed by atoms with Crippen LogP contribution in [0.25, 0.3) is 0 Å². The van der Waals surface area contributed by atoms with Crippen LogP contribution in [-0.4, -0.2) is 12.3 Å². The maximum absolute atomic E-state index is 4.68. The normalized spacial score (nSPS) is 27.1. The van der Waals surface area contributed by atoms with Crippen molar-refractivity contribution in [2.75, 3.05) is 6.54 Å². The van der Waals surface area contributed by atoms with E-state index in [1.807, 2.05) is 0 Å². The predicted molar refractivity (Wildman–Crippen MR) is 60.8 cm³/mol. The second-order valence-electron chi connectivity index (χ2n) is 4.33. The van der Waals surface area contributed by atoms with Gasteiger partial charge in [-0.05, 0) is 23.8 Å². The van der Waals surface area contributed by atoms with Gasteiger partial charge in [0.05, 0.1) is 0 Å². The standard InChI is InChI=1S/C13H17N/c1-10-8-11(2)13(14-9-10)12-6-4-3-5-7-12/h3-7,10-11H,8-9H2,1-2H3. The van der Waals surface area contributed by atoms with Gasteiger partial charge in [0, 0.05) is 12.3 Å². The van der Waals surface area contributed by atoms with Gasteiger partial charge in [0.2, 0.25) is 0 Å². The summed E-state index contributed by atoms with van der Waals surface area (Å²) < 4.78 is 0. The molecule has 1 aromatic rings. The highest BCUT2D eigenvalue weighted by Crippen LogP contribution is 2.23. The summed E-state index contributed by atoms with van der Waals surface area (Å²) in [4.78, 5) is 4.68. The van der Waals surface area contributed by atoms with Crippen LogP contribution >= 0.6 is 0 Å². The van der Waals surface area contributed by atoms with Gasteiger partial charge in [0.1, 0.15) is 0 Å². The van der Waals surface area contributed by atoms with E-state index in [0.717, 1.165) is 12.5 Å². The monoisotopic (exact) mass is 187 g/mol. The van der Waals surface area contributed by atoms with E-state index in [-0.39, 0.29) is 0 Å². The lowest BCUT2D eigenvalue weighted by atomic mass is 9.87. The van der Waals surface area contributed by atoms with Gasteiger partial charge < -0.3 is 0 Å². The molecule has 1 aliphatic heterocycles. The van der Waals surface area contributed by atoms with Crippen molar-refractivity contribution < 1.29 is 0 Å². The van der Waals surface area contributed by atoms with Crippen LogP contribution in [0.4, 0.5) is 0 Å². The fourth-order valence-electron chi connectivity index (χ4n) is 2.18. The molecule has 0 fully saturated rings. The Labute approximate surface area is 85.9 Å². The Bertz CT molecular complexity index is 326. The van der Waals surface area contributed by atoms with Crippen molar-refractivity contribution in [3.05, 3.63) is 35.9 Å². The van der Waals surface area contributed by atoms with Crippen molar-refractivity contribution >= 4 is 5.71 Å². The molecule has 1 aliphatic rings. The van der Waals surface area contributed by atoms with E-state index in [1.165, 1.54) is 17.7 Å². The van der Waals surface area contributed by atoms with Gasteiger partial charge in [-0.25, -0.2) is 0 Å². The van der Waals surface area contributed by atoms with E-state index < -0.39 is 0 Å². The Morgan fingerprint density at radius 3 is 2.50 bits per heavy atom. The number of benzene rings is 1. The quantitative estimate of drug-likeness (QED) is 0.640. The average Bonchev–Trinajstić information content (AvgIpc) is 2.19. The fourth-order valence-corrected chi connectivity index (χ4v) is 2.18. The second kappa shape index (κ2) is 3.95. The SMILES string of the molecule is CC1CN=C(c2ccccc2)C(C)C1. The summed E-state index contributed by atoms with van der Waals surface area (Å²) in [5.74, 6) is 1.36. The molecule has 1 nitrogen and oxygen atoms in total. The third-order valence-electron chi connectivity index (χ3n) is 2.87. The molecule has 2 unspecified atom stereocenters. The molecule has 1 aromatic carbocycles. The molecule has 1 heterocycles. The topological polar surface area (TPSA) is 12.4 Å². The van der Waals surface area contributed by atoms with Gasteiger partial charge in [-0.15, -0.1) is 0 Å². The fraction of sp³-hybridized carbons (Fsp3) is 0.462. The van der Waals surface area contributed by atoms with Crippen molar-refractivity contribution in [2.45, 2.75) is 20.3 Å². The van der Waals surface area contributed by atoms with E-state index in [1.54, 1.807) is 0 Å². The third-order valence-corrected chi connectivity index (χ3v) is 2.87.